The molecular weight excluding hydrogens is 639 g/mol. The van der Waals surface area contributed by atoms with Crippen LogP contribution in [0.4, 0.5) is 0 Å². The van der Waals surface area contributed by atoms with E-state index in [0.29, 0.717) is 11.8 Å². The van der Waals surface area contributed by atoms with Gasteiger partial charge < -0.3 is 14.5 Å². The van der Waals surface area contributed by atoms with Crippen LogP contribution < -0.4 is 0 Å². The van der Waals surface area contributed by atoms with Crippen molar-refractivity contribution in [2.45, 2.75) is 67.2 Å². The van der Waals surface area contributed by atoms with Crippen molar-refractivity contribution in [3.8, 4) is 22.6 Å². The molecule has 0 bridgehead atoms. The first-order valence-electron chi connectivity index (χ1n) is 12.4. The maximum atomic E-state index is 10.0. The van der Waals surface area contributed by atoms with E-state index in [9.17, 15) is 4.79 Å². The molecule has 5 heteroatoms. The summed E-state index contributed by atoms with van der Waals surface area (Å²) in [4.78, 5) is 14.7. The first-order chi connectivity index (χ1) is 16.9. The summed E-state index contributed by atoms with van der Waals surface area (Å²) in [6.45, 7) is 16.0. The van der Waals surface area contributed by atoms with Crippen LogP contribution in [0.3, 0.4) is 0 Å². The number of rotatable bonds is 5. The van der Waals surface area contributed by atoms with Gasteiger partial charge in [-0.05, 0) is 60.7 Å². The topological polar surface area (TPSA) is 63.3 Å². The van der Waals surface area contributed by atoms with Crippen LogP contribution in [0, 0.1) is 19.9 Å². The zero-order chi connectivity index (χ0) is 26.6. The Morgan fingerprint density at radius 3 is 2.05 bits per heavy atom. The molecule has 4 nitrogen and oxygen atoms in total. The van der Waals surface area contributed by atoms with E-state index in [0.717, 1.165) is 39.1 Å². The summed E-state index contributed by atoms with van der Waals surface area (Å²) in [5.74, 6) is 1.79. The van der Waals surface area contributed by atoms with Gasteiger partial charge in [-0.3, -0.25) is 4.79 Å². The summed E-state index contributed by atoms with van der Waals surface area (Å²) in [6.07, 6.45) is 3.00. The molecule has 37 heavy (non-hydrogen) atoms. The molecule has 197 valence electrons. The number of benzene rings is 2. The Labute approximate surface area is 234 Å². The summed E-state index contributed by atoms with van der Waals surface area (Å²) >= 11 is 0. The van der Waals surface area contributed by atoms with E-state index < -0.39 is 0 Å². The molecule has 0 saturated carbocycles. The first-order valence-corrected chi connectivity index (χ1v) is 12.4. The van der Waals surface area contributed by atoms with Crippen LogP contribution >= 0.6 is 0 Å². The molecule has 0 unspecified atom stereocenters. The summed E-state index contributed by atoms with van der Waals surface area (Å²) in [6, 6.07) is 18.7. The molecule has 2 aromatic carbocycles. The SMILES string of the molecule is CC(=O)/C=C(/C)O.Cc1[c-]c(-c2cc3cc(-c4cc(C(C)C)cc(C(C)C)c4)oc3cn2)cc(C)c1.[Ir]. The molecule has 0 spiro atoms. The van der Waals surface area contributed by atoms with E-state index in [-0.39, 0.29) is 31.6 Å². The summed E-state index contributed by atoms with van der Waals surface area (Å²) in [7, 11) is 0. The van der Waals surface area contributed by atoms with Crippen molar-refractivity contribution < 1.29 is 34.4 Å². The Morgan fingerprint density at radius 2 is 1.57 bits per heavy atom. The minimum absolute atomic E-state index is 0. The second kappa shape index (κ2) is 13.0. The van der Waals surface area contributed by atoms with Gasteiger partial charge in [-0.15, -0.1) is 34.9 Å². The van der Waals surface area contributed by atoms with Crippen LogP contribution in [-0.2, 0) is 24.9 Å². The summed E-state index contributed by atoms with van der Waals surface area (Å²) < 4.78 is 6.19. The molecule has 4 aromatic rings. The number of nitrogens with zero attached hydrogens (tertiary/aromatic N) is 1. The number of ketones is 1. The fourth-order valence-electron chi connectivity index (χ4n) is 4.05. The van der Waals surface area contributed by atoms with E-state index in [1.54, 1.807) is 0 Å². The number of hydrogen-bond donors (Lipinski definition) is 1. The third kappa shape index (κ3) is 8.24. The number of carbonyl (C=O) groups is 1. The minimum Gasteiger partial charge on any atom is -0.512 e. The molecule has 0 aliphatic carbocycles. The molecule has 2 heterocycles. The second-order valence-electron chi connectivity index (χ2n) is 10.1. The zero-order valence-electron chi connectivity index (χ0n) is 22.9. The summed E-state index contributed by atoms with van der Waals surface area (Å²) in [5, 5.41) is 9.43. The van der Waals surface area contributed by atoms with Crippen molar-refractivity contribution in [2.24, 2.45) is 0 Å². The van der Waals surface area contributed by atoms with E-state index in [4.69, 9.17) is 9.52 Å². The van der Waals surface area contributed by atoms with Gasteiger partial charge in [-0.25, -0.2) is 0 Å². The predicted octanol–water partition coefficient (Wildman–Crippen LogP) is 8.86. The number of aryl methyl sites for hydroxylation is 2. The van der Waals surface area contributed by atoms with Gasteiger partial charge in [0.05, 0.1) is 12.0 Å². The van der Waals surface area contributed by atoms with E-state index in [1.165, 1.54) is 36.6 Å². The Hall–Kier alpha value is -3.01. The number of aliphatic hydroxyl groups is 1. The third-order valence-electron chi connectivity index (χ3n) is 5.84. The molecule has 1 N–H and O–H groups in total. The Morgan fingerprint density at radius 1 is 0.946 bits per heavy atom. The average Bonchev–Trinajstić information content (AvgIpc) is 3.21. The van der Waals surface area contributed by atoms with E-state index in [1.807, 2.05) is 6.20 Å². The Balaban J connectivity index is 0.000000532. The number of hydrogen-bond acceptors (Lipinski definition) is 4. The van der Waals surface area contributed by atoms with Gasteiger partial charge in [0.2, 0.25) is 0 Å². The normalized spacial score (nSPS) is 11.4. The molecule has 0 saturated heterocycles. The monoisotopic (exact) mass is 675 g/mol. The molecule has 0 aliphatic heterocycles. The van der Waals surface area contributed by atoms with Crippen LogP contribution in [0.25, 0.3) is 33.6 Å². The molecule has 0 fully saturated rings. The molecule has 1 radical (unpaired) electrons. The zero-order valence-corrected chi connectivity index (χ0v) is 25.3. The van der Waals surface area contributed by atoms with E-state index in [2.05, 4.69) is 95.1 Å². The van der Waals surface area contributed by atoms with Gasteiger partial charge in [-0.2, -0.15) is 0 Å². The molecule has 0 amide bonds. The van der Waals surface area contributed by atoms with Crippen LogP contribution in [0.1, 0.15) is 75.6 Å². The number of aromatic nitrogens is 1. The van der Waals surface area contributed by atoms with Crippen LogP contribution in [0.15, 0.2) is 64.9 Å². The standard InChI is InChI=1S/C27H28NO.C5H8O2.Ir/c1-16(2)20-10-21(17(3)4)12-23(11-20)26-14-24-13-25(28-15-27(24)29-26)22-8-18(5)7-19(6)9-22;1-4(6)3-5(2)7;/h7-8,10-17H,1-6H3;3,6H,1-2H3;/q-1;;/b;4-3-;. The number of allylic oxidation sites excluding steroid dienone is 2. The summed E-state index contributed by atoms with van der Waals surface area (Å²) in [5.41, 5.74) is 8.93. The minimum atomic E-state index is -0.125. The van der Waals surface area contributed by atoms with Gasteiger partial charge in [0.25, 0.3) is 0 Å². The van der Waals surface area contributed by atoms with Gasteiger partial charge in [0, 0.05) is 37.1 Å². The average molecular weight is 675 g/mol. The van der Waals surface area contributed by atoms with Crippen molar-refractivity contribution in [1.29, 1.82) is 0 Å². The van der Waals surface area contributed by atoms with Crippen molar-refractivity contribution in [3.63, 3.8) is 0 Å². The molecule has 0 atom stereocenters. The fraction of sp³-hybridized carbons (Fsp3) is 0.312. The van der Waals surface area contributed by atoms with Gasteiger partial charge in [0.1, 0.15) is 5.76 Å². The van der Waals surface area contributed by atoms with Gasteiger partial charge in [0.15, 0.2) is 11.4 Å². The number of fused-ring (bicyclic) bond motifs is 1. The number of carbonyl (C=O) groups excluding carboxylic acids is 1. The maximum absolute atomic E-state index is 10.0. The largest absolute Gasteiger partial charge is 0.512 e. The van der Waals surface area contributed by atoms with Gasteiger partial charge in [-0.1, -0.05) is 53.7 Å². The van der Waals surface area contributed by atoms with Gasteiger partial charge >= 0.3 is 0 Å². The molecule has 0 aliphatic rings. The van der Waals surface area contributed by atoms with Crippen molar-refractivity contribution in [2.75, 3.05) is 0 Å². The molecular formula is C32H36IrNO3-. The van der Waals surface area contributed by atoms with Crippen molar-refractivity contribution in [3.05, 3.63) is 88.8 Å². The smallest absolute Gasteiger partial charge is 0.155 e. The molecule has 4 rings (SSSR count). The predicted molar refractivity (Wildman–Crippen MR) is 148 cm³/mol. The Kier molecular flexibility index (Phi) is 10.6. The number of aliphatic hydroxyl groups excluding tert-OH is 1. The van der Waals surface area contributed by atoms with Crippen LogP contribution in [0.2, 0.25) is 0 Å². The molecule has 2 aromatic heterocycles. The van der Waals surface area contributed by atoms with Crippen LogP contribution in [0.5, 0.6) is 0 Å². The third-order valence-corrected chi connectivity index (χ3v) is 5.84. The number of pyridine rings is 1. The van der Waals surface area contributed by atoms with Crippen molar-refractivity contribution >= 4 is 16.8 Å². The van der Waals surface area contributed by atoms with E-state index >= 15 is 0 Å². The first kappa shape index (κ1) is 30.2. The number of furan rings is 1. The maximum Gasteiger partial charge on any atom is 0.155 e. The Bertz CT molecular complexity index is 1360. The fourth-order valence-corrected chi connectivity index (χ4v) is 4.05. The quantitative estimate of drug-likeness (QED) is 0.131. The second-order valence-corrected chi connectivity index (χ2v) is 10.1. The van der Waals surface area contributed by atoms with Crippen LogP contribution in [-0.4, -0.2) is 15.9 Å². The van der Waals surface area contributed by atoms with Crippen molar-refractivity contribution in [1.82, 2.24) is 4.98 Å².